The van der Waals surface area contributed by atoms with Gasteiger partial charge in [0, 0.05) is 12.6 Å². The van der Waals surface area contributed by atoms with Crippen LogP contribution in [0.25, 0.3) is 0 Å². The van der Waals surface area contributed by atoms with E-state index in [9.17, 15) is 19.2 Å². The molecule has 2 unspecified atom stereocenters. The standard InChI is InChI=1S/C30H50N4O5/c1-9-10-11-12-13-14-17-34(28(37)24(19-25(31)35)33-29(38)39-30(6,7)8)26(27(36)32-20(2)3)23-18-21(4)15-16-22(23)5/h15-16,18,20,24,26H,9-14,17,19H2,1-8H3,(H2,31,35)(H,32,36)(H,33,38). The lowest BCUT2D eigenvalue weighted by atomic mass is 9.95. The maximum absolute atomic E-state index is 14.1. The van der Waals surface area contributed by atoms with Gasteiger partial charge in [0.25, 0.3) is 0 Å². The van der Waals surface area contributed by atoms with E-state index in [-0.39, 0.29) is 18.5 Å². The molecule has 0 aliphatic heterocycles. The number of ether oxygens (including phenoxy) is 1. The van der Waals surface area contributed by atoms with Crippen LogP contribution < -0.4 is 16.4 Å². The first-order chi connectivity index (χ1) is 18.2. The van der Waals surface area contributed by atoms with Crippen molar-refractivity contribution >= 4 is 23.8 Å². The summed E-state index contributed by atoms with van der Waals surface area (Å²) >= 11 is 0. The van der Waals surface area contributed by atoms with Gasteiger partial charge in [-0.25, -0.2) is 4.79 Å². The number of nitrogens with zero attached hydrogens (tertiary/aromatic N) is 1. The lowest BCUT2D eigenvalue weighted by molar-refractivity contribution is -0.143. The number of nitrogens with two attached hydrogens (primary N) is 1. The molecule has 220 valence electrons. The van der Waals surface area contributed by atoms with Gasteiger partial charge in [-0.2, -0.15) is 0 Å². The smallest absolute Gasteiger partial charge is 0.408 e. The normalized spacial score (nSPS) is 12.9. The van der Waals surface area contributed by atoms with Crippen LogP contribution >= 0.6 is 0 Å². The molecule has 0 aliphatic rings. The van der Waals surface area contributed by atoms with Crippen molar-refractivity contribution in [1.29, 1.82) is 0 Å². The van der Waals surface area contributed by atoms with Crippen molar-refractivity contribution in [3.8, 4) is 0 Å². The zero-order valence-corrected chi connectivity index (χ0v) is 25.2. The molecule has 1 aromatic carbocycles. The minimum absolute atomic E-state index is 0.155. The number of hydrogen-bond donors (Lipinski definition) is 3. The second-order valence-corrected chi connectivity index (χ2v) is 11.6. The van der Waals surface area contributed by atoms with Crippen molar-refractivity contribution in [3.05, 3.63) is 34.9 Å². The Morgan fingerprint density at radius 1 is 0.974 bits per heavy atom. The zero-order valence-electron chi connectivity index (χ0n) is 25.2. The maximum atomic E-state index is 14.1. The molecule has 4 N–H and O–H groups in total. The molecule has 0 fully saturated rings. The van der Waals surface area contributed by atoms with Crippen molar-refractivity contribution in [2.75, 3.05) is 6.54 Å². The van der Waals surface area contributed by atoms with Crippen LogP contribution in [0.1, 0.15) is 109 Å². The van der Waals surface area contributed by atoms with Crippen LogP contribution in [0.3, 0.4) is 0 Å². The average Bonchev–Trinajstić information content (AvgIpc) is 2.79. The van der Waals surface area contributed by atoms with Crippen LogP contribution in [0.2, 0.25) is 0 Å². The van der Waals surface area contributed by atoms with E-state index < -0.39 is 42.0 Å². The second kappa shape index (κ2) is 16.1. The molecule has 0 spiro atoms. The highest BCUT2D eigenvalue weighted by Gasteiger charge is 2.37. The minimum atomic E-state index is -1.28. The van der Waals surface area contributed by atoms with Crippen molar-refractivity contribution in [2.24, 2.45) is 5.73 Å². The molecule has 39 heavy (non-hydrogen) atoms. The van der Waals surface area contributed by atoms with E-state index in [1.807, 2.05) is 45.9 Å². The number of alkyl carbamates (subject to hydrolysis) is 1. The molecular weight excluding hydrogens is 496 g/mol. The third kappa shape index (κ3) is 12.5. The molecule has 0 aromatic heterocycles. The van der Waals surface area contributed by atoms with Gasteiger partial charge in [0.2, 0.25) is 17.7 Å². The Bertz CT molecular complexity index is 971. The molecule has 0 saturated carbocycles. The topological polar surface area (TPSA) is 131 Å². The van der Waals surface area contributed by atoms with E-state index in [0.29, 0.717) is 12.0 Å². The van der Waals surface area contributed by atoms with Crippen molar-refractivity contribution in [3.63, 3.8) is 0 Å². The van der Waals surface area contributed by atoms with Crippen molar-refractivity contribution < 1.29 is 23.9 Å². The number of hydrogen-bond acceptors (Lipinski definition) is 5. The van der Waals surface area contributed by atoms with E-state index in [1.54, 1.807) is 20.8 Å². The van der Waals surface area contributed by atoms with E-state index in [0.717, 1.165) is 43.2 Å². The third-order valence-corrected chi connectivity index (χ3v) is 6.15. The quantitative estimate of drug-likeness (QED) is 0.271. The summed E-state index contributed by atoms with van der Waals surface area (Å²) in [6, 6.07) is 3.40. The average molecular weight is 547 g/mol. The second-order valence-electron chi connectivity index (χ2n) is 11.6. The number of unbranched alkanes of at least 4 members (excludes halogenated alkanes) is 5. The third-order valence-electron chi connectivity index (χ3n) is 6.15. The highest BCUT2D eigenvalue weighted by Crippen LogP contribution is 2.28. The summed E-state index contributed by atoms with van der Waals surface area (Å²) in [5.74, 6) is -1.63. The van der Waals surface area contributed by atoms with Gasteiger partial charge in [0.15, 0.2) is 0 Å². The van der Waals surface area contributed by atoms with Gasteiger partial charge < -0.3 is 26.0 Å². The SMILES string of the molecule is CCCCCCCCN(C(=O)C(CC(N)=O)NC(=O)OC(C)(C)C)C(C(=O)NC(C)C)c1cc(C)ccc1C. The van der Waals surface area contributed by atoms with Crippen molar-refractivity contribution in [1.82, 2.24) is 15.5 Å². The monoisotopic (exact) mass is 546 g/mol. The van der Waals surface area contributed by atoms with Crippen LogP contribution in [-0.2, 0) is 19.1 Å². The van der Waals surface area contributed by atoms with Gasteiger partial charge in [0.1, 0.15) is 17.7 Å². The molecule has 0 bridgehead atoms. The van der Waals surface area contributed by atoms with Crippen molar-refractivity contribution in [2.45, 2.75) is 124 Å². The lowest BCUT2D eigenvalue weighted by Crippen LogP contribution is -2.54. The summed E-state index contributed by atoms with van der Waals surface area (Å²) < 4.78 is 5.34. The summed E-state index contributed by atoms with van der Waals surface area (Å²) in [6.07, 6.45) is 4.68. The summed E-state index contributed by atoms with van der Waals surface area (Å²) in [4.78, 5) is 53.9. The highest BCUT2D eigenvalue weighted by molar-refractivity contribution is 5.94. The fourth-order valence-electron chi connectivity index (χ4n) is 4.35. The first-order valence-corrected chi connectivity index (χ1v) is 14.1. The lowest BCUT2D eigenvalue weighted by Gasteiger charge is -2.35. The summed E-state index contributed by atoms with van der Waals surface area (Å²) in [6.45, 7) is 15.1. The molecule has 1 aromatic rings. The Kier molecular flexibility index (Phi) is 14.0. The van der Waals surface area contributed by atoms with Crippen LogP contribution in [0.5, 0.6) is 0 Å². The Balaban J connectivity index is 3.52. The predicted octanol–water partition coefficient (Wildman–Crippen LogP) is 4.83. The van der Waals surface area contributed by atoms with Gasteiger partial charge in [-0.3, -0.25) is 14.4 Å². The molecule has 0 radical (unpaired) electrons. The molecule has 0 aliphatic carbocycles. The molecule has 1 rings (SSSR count). The number of nitrogens with one attached hydrogen (secondary N) is 2. The number of benzene rings is 1. The number of carbonyl (C=O) groups is 4. The molecular formula is C30H50N4O5. The van der Waals surface area contributed by atoms with Gasteiger partial charge in [-0.15, -0.1) is 0 Å². The first kappa shape index (κ1) is 33.9. The Morgan fingerprint density at radius 3 is 2.15 bits per heavy atom. The number of amides is 4. The van der Waals surface area contributed by atoms with Gasteiger partial charge >= 0.3 is 6.09 Å². The number of aryl methyl sites for hydroxylation is 2. The van der Waals surface area contributed by atoms with Crippen LogP contribution in [0, 0.1) is 13.8 Å². The molecule has 0 saturated heterocycles. The first-order valence-electron chi connectivity index (χ1n) is 14.1. The number of primary amides is 1. The van der Waals surface area contributed by atoms with E-state index in [1.165, 1.54) is 4.90 Å². The van der Waals surface area contributed by atoms with E-state index >= 15 is 0 Å². The zero-order chi connectivity index (χ0) is 29.8. The largest absolute Gasteiger partial charge is 0.444 e. The van der Waals surface area contributed by atoms with E-state index in [4.69, 9.17) is 10.5 Å². The highest BCUT2D eigenvalue weighted by atomic mass is 16.6. The van der Waals surface area contributed by atoms with Crippen LogP contribution in [0.4, 0.5) is 4.79 Å². The number of rotatable bonds is 15. The molecule has 9 heteroatoms. The molecule has 9 nitrogen and oxygen atoms in total. The Labute approximate surface area is 234 Å². The minimum Gasteiger partial charge on any atom is -0.444 e. The Hall–Kier alpha value is -3.10. The summed E-state index contributed by atoms with van der Waals surface area (Å²) in [5, 5.41) is 5.49. The summed E-state index contributed by atoms with van der Waals surface area (Å²) in [7, 11) is 0. The number of carbonyl (C=O) groups excluding carboxylic acids is 4. The fraction of sp³-hybridized carbons (Fsp3) is 0.667. The van der Waals surface area contributed by atoms with Gasteiger partial charge in [0.05, 0.1) is 6.42 Å². The van der Waals surface area contributed by atoms with Crippen LogP contribution in [-0.4, -0.2) is 52.9 Å². The Morgan fingerprint density at radius 2 is 1.59 bits per heavy atom. The van der Waals surface area contributed by atoms with Crippen LogP contribution in [0.15, 0.2) is 18.2 Å². The van der Waals surface area contributed by atoms with Gasteiger partial charge in [-0.1, -0.05) is 62.8 Å². The van der Waals surface area contributed by atoms with Gasteiger partial charge in [-0.05, 0) is 66.0 Å². The fourth-order valence-corrected chi connectivity index (χ4v) is 4.35. The molecule has 4 amide bonds. The van der Waals surface area contributed by atoms with E-state index in [2.05, 4.69) is 17.6 Å². The maximum Gasteiger partial charge on any atom is 0.408 e. The molecule has 2 atom stereocenters. The molecule has 0 heterocycles. The predicted molar refractivity (Wildman–Crippen MR) is 154 cm³/mol. The summed E-state index contributed by atoms with van der Waals surface area (Å²) in [5.41, 5.74) is 7.18.